The average Bonchev–Trinajstić information content (AvgIpc) is 3.54. The summed E-state index contributed by atoms with van der Waals surface area (Å²) in [6, 6.07) is 45.3. The molecule has 8 aromatic rings. The van der Waals surface area contributed by atoms with Crippen LogP contribution in [0.15, 0.2) is 147 Å². The van der Waals surface area contributed by atoms with Crippen molar-refractivity contribution in [2.24, 2.45) is 0 Å². The number of nitrogens with one attached hydrogen (secondary N) is 1. The number of H-pyrrole nitrogens is 1. The molecule has 200 valence electrons. The molecule has 8 rings (SSSR count). The van der Waals surface area contributed by atoms with Gasteiger partial charge in [0.1, 0.15) is 19.6 Å². The van der Waals surface area contributed by atoms with Gasteiger partial charge in [0.25, 0.3) is 0 Å². The van der Waals surface area contributed by atoms with Crippen LogP contribution in [0.5, 0.6) is 0 Å². The van der Waals surface area contributed by atoms with Crippen LogP contribution in [-0.4, -0.2) is 19.5 Å². The molecule has 0 atom stereocenters. The third kappa shape index (κ3) is 5.98. The lowest BCUT2D eigenvalue weighted by Gasteiger charge is -2.06. The van der Waals surface area contributed by atoms with Crippen molar-refractivity contribution in [1.82, 2.24) is 19.5 Å². The monoisotopic (exact) mass is 724 g/mol. The van der Waals surface area contributed by atoms with Crippen LogP contribution in [0.4, 0.5) is 0 Å². The Labute approximate surface area is 262 Å². The van der Waals surface area contributed by atoms with Gasteiger partial charge in [-0.05, 0) is 96.3 Å². The quantitative estimate of drug-likeness (QED) is 0.171. The van der Waals surface area contributed by atoms with Crippen molar-refractivity contribution >= 4 is 91.4 Å². The fourth-order valence-corrected chi connectivity index (χ4v) is 6.13. The van der Waals surface area contributed by atoms with Crippen molar-refractivity contribution in [3.05, 3.63) is 147 Å². The SMILES string of the molecule is Brc1cccc(-n2c3ccccc3c3ccccc32)n1.Brc1cccc(Br)n1.c1ccc2c(c1)[nH]c1ccccc12. The predicted octanol–water partition coefficient (Wildman–Crippen LogP) is 10.9. The minimum Gasteiger partial charge on any atom is -0.355 e. The molecule has 0 amide bonds. The second kappa shape index (κ2) is 12.4. The summed E-state index contributed by atoms with van der Waals surface area (Å²) in [5.41, 5.74) is 4.78. The number of rotatable bonds is 1. The van der Waals surface area contributed by atoms with Gasteiger partial charge in [0.2, 0.25) is 0 Å². The number of hydrogen-bond donors (Lipinski definition) is 1. The Bertz CT molecular complexity index is 1990. The normalized spacial score (nSPS) is 10.8. The number of benzene rings is 4. The zero-order valence-electron chi connectivity index (χ0n) is 21.7. The molecule has 0 fully saturated rings. The zero-order chi connectivity index (χ0) is 28.2. The Hall–Kier alpha value is -3.78. The summed E-state index contributed by atoms with van der Waals surface area (Å²) in [5, 5.41) is 5.12. The molecular formula is C34H23Br3N4. The van der Waals surface area contributed by atoms with Gasteiger partial charge in [-0.2, -0.15) is 0 Å². The summed E-state index contributed by atoms with van der Waals surface area (Å²) in [4.78, 5) is 12.0. The van der Waals surface area contributed by atoms with Crippen LogP contribution in [0, 0.1) is 0 Å². The van der Waals surface area contributed by atoms with E-state index in [-0.39, 0.29) is 0 Å². The number of hydrogen-bond acceptors (Lipinski definition) is 2. The lowest BCUT2D eigenvalue weighted by molar-refractivity contribution is 1.07. The van der Waals surface area contributed by atoms with Crippen LogP contribution in [0.25, 0.3) is 49.4 Å². The van der Waals surface area contributed by atoms with Gasteiger partial charge in [-0.1, -0.05) is 84.9 Å². The first-order chi connectivity index (χ1) is 20.1. The summed E-state index contributed by atoms with van der Waals surface area (Å²) < 4.78 is 4.76. The molecule has 0 spiro atoms. The second-order valence-corrected chi connectivity index (χ2v) is 11.6. The maximum absolute atomic E-state index is 4.60. The van der Waals surface area contributed by atoms with E-state index in [1.807, 2.05) is 36.4 Å². The lowest BCUT2D eigenvalue weighted by Crippen LogP contribution is -1.96. The molecule has 0 aliphatic carbocycles. The Morgan fingerprint density at radius 2 is 0.829 bits per heavy atom. The molecular weight excluding hydrogens is 704 g/mol. The highest BCUT2D eigenvalue weighted by Crippen LogP contribution is 2.31. The van der Waals surface area contributed by atoms with E-state index in [1.165, 1.54) is 43.6 Å². The molecule has 1 N–H and O–H groups in total. The molecule has 0 unspecified atom stereocenters. The van der Waals surface area contributed by atoms with Gasteiger partial charge in [-0.3, -0.25) is 4.57 Å². The molecule has 0 bridgehead atoms. The average molecular weight is 727 g/mol. The highest BCUT2D eigenvalue weighted by atomic mass is 79.9. The van der Waals surface area contributed by atoms with E-state index in [1.54, 1.807) is 0 Å². The summed E-state index contributed by atoms with van der Waals surface area (Å²) in [6.07, 6.45) is 0. The van der Waals surface area contributed by atoms with E-state index in [4.69, 9.17) is 0 Å². The first-order valence-corrected chi connectivity index (χ1v) is 15.3. The first kappa shape index (κ1) is 27.4. The van der Waals surface area contributed by atoms with E-state index in [0.29, 0.717) is 0 Å². The molecule has 0 saturated heterocycles. The predicted molar refractivity (Wildman–Crippen MR) is 182 cm³/mol. The van der Waals surface area contributed by atoms with Gasteiger partial charge in [0, 0.05) is 32.6 Å². The minimum atomic E-state index is 0.844. The number of para-hydroxylation sites is 4. The van der Waals surface area contributed by atoms with E-state index < -0.39 is 0 Å². The fraction of sp³-hybridized carbons (Fsp3) is 0. The van der Waals surface area contributed by atoms with Gasteiger partial charge < -0.3 is 4.98 Å². The highest BCUT2D eigenvalue weighted by Gasteiger charge is 2.11. The van der Waals surface area contributed by atoms with Gasteiger partial charge in [-0.15, -0.1) is 0 Å². The fourth-order valence-electron chi connectivity index (χ4n) is 4.87. The Morgan fingerprint density at radius 3 is 1.29 bits per heavy atom. The maximum atomic E-state index is 4.60. The van der Waals surface area contributed by atoms with Crippen molar-refractivity contribution in [1.29, 1.82) is 0 Å². The van der Waals surface area contributed by atoms with Crippen LogP contribution in [0.2, 0.25) is 0 Å². The van der Waals surface area contributed by atoms with E-state index in [9.17, 15) is 0 Å². The Kier molecular flexibility index (Phi) is 8.28. The third-order valence-corrected chi connectivity index (χ3v) is 7.93. The molecule has 41 heavy (non-hydrogen) atoms. The summed E-state index contributed by atoms with van der Waals surface area (Å²) in [5.74, 6) is 0.928. The summed E-state index contributed by atoms with van der Waals surface area (Å²) in [6.45, 7) is 0. The van der Waals surface area contributed by atoms with Crippen LogP contribution < -0.4 is 0 Å². The van der Waals surface area contributed by atoms with Crippen LogP contribution in [0.1, 0.15) is 0 Å². The van der Waals surface area contributed by atoms with E-state index in [2.05, 4.69) is 164 Å². The van der Waals surface area contributed by atoms with Crippen molar-refractivity contribution in [3.8, 4) is 5.82 Å². The van der Waals surface area contributed by atoms with Gasteiger partial charge >= 0.3 is 0 Å². The van der Waals surface area contributed by atoms with Gasteiger partial charge in [0.05, 0.1) is 11.0 Å². The van der Waals surface area contributed by atoms with Crippen molar-refractivity contribution in [2.45, 2.75) is 0 Å². The number of halogens is 3. The number of fused-ring (bicyclic) bond motifs is 6. The minimum absolute atomic E-state index is 0.844. The third-order valence-electron chi connectivity index (χ3n) is 6.60. The smallest absolute Gasteiger partial charge is 0.138 e. The molecule has 0 aliphatic heterocycles. The molecule has 0 aliphatic rings. The van der Waals surface area contributed by atoms with Gasteiger partial charge in [-0.25, -0.2) is 9.97 Å². The van der Waals surface area contributed by atoms with Crippen molar-refractivity contribution < 1.29 is 0 Å². The Balaban J connectivity index is 0.000000123. The second-order valence-electron chi connectivity index (χ2n) is 9.19. The van der Waals surface area contributed by atoms with Gasteiger partial charge in [0.15, 0.2) is 0 Å². The lowest BCUT2D eigenvalue weighted by atomic mass is 10.2. The maximum Gasteiger partial charge on any atom is 0.138 e. The summed E-state index contributed by atoms with van der Waals surface area (Å²) in [7, 11) is 0. The van der Waals surface area contributed by atoms with Crippen molar-refractivity contribution in [2.75, 3.05) is 0 Å². The molecule has 4 aromatic carbocycles. The largest absolute Gasteiger partial charge is 0.355 e. The molecule has 4 aromatic heterocycles. The van der Waals surface area contributed by atoms with Crippen molar-refractivity contribution in [3.63, 3.8) is 0 Å². The number of nitrogens with zero attached hydrogens (tertiary/aromatic N) is 3. The van der Waals surface area contributed by atoms with E-state index >= 15 is 0 Å². The van der Waals surface area contributed by atoms with Crippen LogP contribution >= 0.6 is 47.8 Å². The molecule has 0 saturated carbocycles. The standard InChI is InChI=1S/C17H11BrN2.C12H9N.C5H3Br2N/c18-16-10-5-11-17(19-16)20-14-8-3-1-6-12(14)13-7-2-4-9-15(13)20;1-3-7-11-9(5-1)10-6-2-4-8-12(10)13-11;6-4-2-1-3-5(7)8-4/h1-11H;1-8,13H;1-3H. The molecule has 7 heteroatoms. The molecule has 4 heterocycles. The number of pyridine rings is 2. The highest BCUT2D eigenvalue weighted by molar-refractivity contribution is 9.11. The van der Waals surface area contributed by atoms with Crippen LogP contribution in [-0.2, 0) is 0 Å². The molecule has 4 nitrogen and oxygen atoms in total. The van der Waals surface area contributed by atoms with E-state index in [0.717, 1.165) is 19.6 Å². The molecule has 0 radical (unpaired) electrons. The van der Waals surface area contributed by atoms with Crippen LogP contribution in [0.3, 0.4) is 0 Å². The zero-order valence-corrected chi connectivity index (χ0v) is 26.4. The summed E-state index contributed by atoms with van der Waals surface area (Å²) >= 11 is 9.89. The number of aromatic amines is 1. The first-order valence-electron chi connectivity index (χ1n) is 12.9. The number of aromatic nitrogens is 4. The topological polar surface area (TPSA) is 46.5 Å². The Morgan fingerprint density at radius 1 is 0.415 bits per heavy atom.